The Morgan fingerprint density at radius 2 is 1.48 bits per heavy atom. The zero-order chi connectivity index (χ0) is 15.6. The molecule has 0 fully saturated rings. The molecule has 25 heavy (non-hydrogen) atoms. The van der Waals surface area contributed by atoms with E-state index in [4.69, 9.17) is 0 Å². The van der Waals surface area contributed by atoms with Crippen LogP contribution in [-0.2, 0) is 38.0 Å². The molecule has 0 saturated carbocycles. The van der Waals surface area contributed by atoms with Crippen molar-refractivity contribution in [1.29, 1.82) is 0 Å². The van der Waals surface area contributed by atoms with Crippen molar-refractivity contribution in [2.75, 3.05) is 0 Å². The zero-order valence-corrected chi connectivity index (χ0v) is 18.8. The van der Waals surface area contributed by atoms with E-state index in [1.54, 1.807) is 0 Å². The van der Waals surface area contributed by atoms with Gasteiger partial charge in [0.25, 0.3) is 0 Å². The topological polar surface area (TPSA) is 0 Å². The fourth-order valence-corrected chi connectivity index (χ4v) is 2.82. The van der Waals surface area contributed by atoms with Crippen molar-refractivity contribution in [1.82, 2.24) is 0 Å². The predicted molar refractivity (Wildman–Crippen MR) is 94.3 cm³/mol. The van der Waals surface area contributed by atoms with E-state index >= 15 is 0 Å². The maximum absolute atomic E-state index is 3.61. The van der Waals surface area contributed by atoms with Crippen LogP contribution in [0, 0.1) is 6.07 Å². The van der Waals surface area contributed by atoms with Gasteiger partial charge in [-0.25, -0.2) is 12.1 Å². The summed E-state index contributed by atoms with van der Waals surface area (Å²) in [6, 6.07) is 26.8. The van der Waals surface area contributed by atoms with Gasteiger partial charge in [0.05, 0.1) is 0 Å². The standard InChI is InChI=1S/C17H17.C5H5.2ClH.Zr/c1-17(2,3)14-8-9-16-13(11-14)10-12-6-4-5-7-15(12)16;1-2-4-5-3-1;;;/h4-9H,10H2,1-3H3;1-5H;2*1H;/q2*-1;;;+4/p-2. The van der Waals surface area contributed by atoms with E-state index in [2.05, 4.69) is 63.2 Å². The summed E-state index contributed by atoms with van der Waals surface area (Å²) in [4.78, 5) is 0. The van der Waals surface area contributed by atoms with E-state index in [1.807, 2.05) is 30.3 Å². The molecule has 0 atom stereocenters. The van der Waals surface area contributed by atoms with Crippen molar-refractivity contribution in [3.63, 3.8) is 0 Å². The van der Waals surface area contributed by atoms with Gasteiger partial charge in [-0.3, -0.25) is 0 Å². The van der Waals surface area contributed by atoms with E-state index in [-0.39, 0.29) is 56.4 Å². The first-order chi connectivity index (χ1) is 10.6. The predicted octanol–water partition coefficient (Wildman–Crippen LogP) is -0.234. The third kappa shape index (κ3) is 5.88. The molecule has 0 spiro atoms. The maximum atomic E-state index is 3.61. The molecule has 128 valence electrons. The Morgan fingerprint density at radius 1 is 0.840 bits per heavy atom. The number of hydrogen-bond acceptors (Lipinski definition) is 0. The van der Waals surface area contributed by atoms with Crippen LogP contribution in [0.4, 0.5) is 0 Å². The van der Waals surface area contributed by atoms with E-state index in [0.29, 0.717) is 0 Å². The number of benzene rings is 2. The van der Waals surface area contributed by atoms with Crippen LogP contribution >= 0.6 is 0 Å². The van der Waals surface area contributed by atoms with Crippen LogP contribution < -0.4 is 24.8 Å². The number of hydrogen-bond donors (Lipinski definition) is 0. The van der Waals surface area contributed by atoms with Gasteiger partial charge in [-0.1, -0.05) is 56.2 Å². The normalized spacial score (nSPS) is 10.7. The summed E-state index contributed by atoms with van der Waals surface area (Å²) in [5.41, 5.74) is 7.05. The minimum Gasteiger partial charge on any atom is -1.00 e. The second-order valence-corrected chi connectivity index (χ2v) is 6.81. The van der Waals surface area contributed by atoms with Crippen molar-refractivity contribution >= 4 is 0 Å². The average Bonchev–Trinajstić information content (AvgIpc) is 3.17. The van der Waals surface area contributed by atoms with Crippen LogP contribution in [0.2, 0.25) is 0 Å². The SMILES string of the molecule is CC(C)(C)c1[c-]c2c(cc1)-c1ccccc1C2.[Cl-].[Cl-].[Zr+4].c1cc[cH-]c1. The van der Waals surface area contributed by atoms with Crippen LogP contribution in [-0.4, -0.2) is 0 Å². The van der Waals surface area contributed by atoms with Crippen molar-refractivity contribution in [2.24, 2.45) is 0 Å². The van der Waals surface area contributed by atoms with Gasteiger partial charge >= 0.3 is 26.2 Å². The molecule has 0 heterocycles. The van der Waals surface area contributed by atoms with E-state index in [1.165, 1.54) is 27.8 Å². The maximum Gasteiger partial charge on any atom is 4.00 e. The molecule has 0 bridgehead atoms. The summed E-state index contributed by atoms with van der Waals surface area (Å²) in [5.74, 6) is 0. The minimum atomic E-state index is 0. The monoisotopic (exact) mass is 446 g/mol. The van der Waals surface area contributed by atoms with E-state index < -0.39 is 0 Å². The Bertz CT molecular complexity index is 739. The number of halogens is 2. The van der Waals surface area contributed by atoms with Gasteiger partial charge in [-0.15, -0.1) is 11.1 Å². The van der Waals surface area contributed by atoms with Crippen LogP contribution in [0.15, 0.2) is 66.7 Å². The van der Waals surface area contributed by atoms with Crippen LogP contribution in [0.1, 0.15) is 37.5 Å². The Kier molecular flexibility index (Phi) is 10.1. The van der Waals surface area contributed by atoms with Gasteiger partial charge in [0.2, 0.25) is 0 Å². The number of fused-ring (bicyclic) bond motifs is 3. The molecule has 0 N–H and O–H groups in total. The molecular weight excluding hydrogens is 426 g/mol. The Balaban J connectivity index is 0.000000630. The first-order valence-electron chi connectivity index (χ1n) is 7.86. The van der Waals surface area contributed by atoms with E-state index in [9.17, 15) is 0 Å². The van der Waals surface area contributed by atoms with Crippen LogP contribution in [0.3, 0.4) is 0 Å². The Hall–Kier alpha value is -0.747. The van der Waals surface area contributed by atoms with Gasteiger partial charge in [-0.05, 0) is 11.8 Å². The molecule has 4 rings (SSSR count). The van der Waals surface area contributed by atoms with Gasteiger partial charge in [0.15, 0.2) is 0 Å². The minimum absolute atomic E-state index is 0. The molecule has 1 aliphatic rings. The molecule has 0 aromatic heterocycles. The molecule has 0 aliphatic heterocycles. The van der Waals surface area contributed by atoms with Gasteiger partial charge in [-0.2, -0.15) is 42.0 Å². The second-order valence-electron chi connectivity index (χ2n) is 6.81. The summed E-state index contributed by atoms with van der Waals surface area (Å²) in [6.45, 7) is 6.73. The third-order valence-electron chi connectivity index (χ3n) is 4.07. The fraction of sp³-hybridized carbons (Fsp3) is 0.227. The first kappa shape index (κ1) is 24.3. The molecule has 1 aliphatic carbocycles. The fourth-order valence-electron chi connectivity index (χ4n) is 2.82. The van der Waals surface area contributed by atoms with Crippen molar-refractivity contribution in [3.05, 3.63) is 89.5 Å². The summed E-state index contributed by atoms with van der Waals surface area (Å²) in [7, 11) is 0. The van der Waals surface area contributed by atoms with Crippen LogP contribution in [0.5, 0.6) is 0 Å². The molecule has 0 amide bonds. The third-order valence-corrected chi connectivity index (χ3v) is 4.07. The average molecular weight is 449 g/mol. The zero-order valence-electron chi connectivity index (χ0n) is 14.8. The van der Waals surface area contributed by atoms with Crippen molar-refractivity contribution in [3.8, 4) is 11.1 Å². The van der Waals surface area contributed by atoms with Crippen LogP contribution in [0.25, 0.3) is 11.1 Å². The molecule has 0 unspecified atom stereocenters. The quantitative estimate of drug-likeness (QED) is 0.326. The molecular formula is C22H22Cl2Zr. The molecule has 0 radical (unpaired) electrons. The Morgan fingerprint density at radius 3 is 2.04 bits per heavy atom. The summed E-state index contributed by atoms with van der Waals surface area (Å²) < 4.78 is 0. The first-order valence-corrected chi connectivity index (χ1v) is 7.86. The van der Waals surface area contributed by atoms with E-state index in [0.717, 1.165) is 6.42 Å². The van der Waals surface area contributed by atoms with Crippen molar-refractivity contribution < 1.29 is 51.0 Å². The summed E-state index contributed by atoms with van der Waals surface area (Å²) >= 11 is 0. The van der Waals surface area contributed by atoms with Gasteiger partial charge < -0.3 is 24.8 Å². The van der Waals surface area contributed by atoms with Crippen molar-refractivity contribution in [2.45, 2.75) is 32.6 Å². The molecule has 3 heteroatoms. The molecule has 0 nitrogen and oxygen atoms in total. The van der Waals surface area contributed by atoms with Gasteiger partial charge in [0, 0.05) is 0 Å². The summed E-state index contributed by atoms with van der Waals surface area (Å²) in [6.07, 6.45) is 1.04. The summed E-state index contributed by atoms with van der Waals surface area (Å²) in [5, 5.41) is 0. The largest absolute Gasteiger partial charge is 4.00 e. The molecule has 3 aromatic carbocycles. The second kappa shape index (κ2) is 10.4. The number of rotatable bonds is 0. The molecule has 3 aromatic rings. The molecule has 0 saturated heterocycles. The smallest absolute Gasteiger partial charge is 1.00 e. The van der Waals surface area contributed by atoms with Gasteiger partial charge in [0.1, 0.15) is 0 Å². The Labute approximate surface area is 183 Å².